The standard InChI is InChI=1S/C24H23FN4O4/c1-14-27-19(20-11-22(33-29-20)17-6-3-15(13-30)4-7-17)10-21(28-14)24(31)26-12-16-5-8-18(25)23(9-16)32-2/h3-10,22,30H,11-13H2,1-2H3,(H,26,31)/t22-/m1/s1. The highest BCUT2D eigenvalue weighted by Gasteiger charge is 2.26. The molecule has 9 heteroatoms. The molecule has 8 nitrogen and oxygen atoms in total. The van der Waals surface area contributed by atoms with E-state index in [0.717, 1.165) is 11.1 Å². The van der Waals surface area contributed by atoms with E-state index in [-0.39, 0.29) is 36.6 Å². The van der Waals surface area contributed by atoms with Crippen LogP contribution in [0.3, 0.4) is 0 Å². The summed E-state index contributed by atoms with van der Waals surface area (Å²) in [5, 5.41) is 16.1. The van der Waals surface area contributed by atoms with Crippen LogP contribution < -0.4 is 10.1 Å². The summed E-state index contributed by atoms with van der Waals surface area (Å²) >= 11 is 0. The van der Waals surface area contributed by atoms with E-state index in [0.29, 0.717) is 29.2 Å². The van der Waals surface area contributed by atoms with E-state index >= 15 is 0 Å². The Labute approximate surface area is 190 Å². The van der Waals surface area contributed by atoms with Gasteiger partial charge in [-0.25, -0.2) is 14.4 Å². The van der Waals surface area contributed by atoms with Gasteiger partial charge in [0.15, 0.2) is 17.7 Å². The lowest BCUT2D eigenvalue weighted by Crippen LogP contribution is -2.25. The Morgan fingerprint density at radius 3 is 2.67 bits per heavy atom. The number of aliphatic hydroxyl groups excluding tert-OH is 1. The number of aromatic nitrogens is 2. The molecule has 2 N–H and O–H groups in total. The van der Waals surface area contributed by atoms with Crippen molar-refractivity contribution in [1.82, 2.24) is 15.3 Å². The minimum Gasteiger partial charge on any atom is -0.494 e. The molecule has 1 atom stereocenters. The van der Waals surface area contributed by atoms with Gasteiger partial charge in [0.05, 0.1) is 19.4 Å². The molecular weight excluding hydrogens is 427 g/mol. The zero-order chi connectivity index (χ0) is 23.4. The smallest absolute Gasteiger partial charge is 0.270 e. The van der Waals surface area contributed by atoms with Gasteiger partial charge in [-0.05, 0) is 41.8 Å². The van der Waals surface area contributed by atoms with Crippen molar-refractivity contribution in [2.75, 3.05) is 7.11 Å². The van der Waals surface area contributed by atoms with Gasteiger partial charge in [-0.2, -0.15) is 0 Å². The molecular formula is C24H23FN4O4. The van der Waals surface area contributed by atoms with Crippen LogP contribution in [-0.2, 0) is 18.0 Å². The molecule has 0 saturated carbocycles. The zero-order valence-electron chi connectivity index (χ0n) is 18.2. The van der Waals surface area contributed by atoms with Gasteiger partial charge >= 0.3 is 0 Å². The highest BCUT2D eigenvalue weighted by Crippen LogP contribution is 2.29. The van der Waals surface area contributed by atoms with Crippen LogP contribution in [0.15, 0.2) is 53.7 Å². The van der Waals surface area contributed by atoms with Crippen molar-refractivity contribution in [3.8, 4) is 5.75 Å². The van der Waals surface area contributed by atoms with Crippen molar-refractivity contribution in [3.63, 3.8) is 0 Å². The van der Waals surface area contributed by atoms with Crippen LogP contribution in [0, 0.1) is 12.7 Å². The first-order valence-corrected chi connectivity index (χ1v) is 10.4. The van der Waals surface area contributed by atoms with Gasteiger partial charge < -0.3 is 20.0 Å². The van der Waals surface area contributed by atoms with E-state index in [1.807, 2.05) is 24.3 Å². The third-order valence-corrected chi connectivity index (χ3v) is 5.24. The van der Waals surface area contributed by atoms with Gasteiger partial charge in [0.2, 0.25) is 0 Å². The molecule has 0 spiro atoms. The molecule has 170 valence electrons. The maximum absolute atomic E-state index is 13.6. The highest BCUT2D eigenvalue weighted by atomic mass is 19.1. The highest BCUT2D eigenvalue weighted by molar-refractivity contribution is 6.02. The van der Waals surface area contributed by atoms with Gasteiger partial charge in [0.1, 0.15) is 17.2 Å². The second-order valence-electron chi connectivity index (χ2n) is 7.57. The molecule has 0 aliphatic carbocycles. The Morgan fingerprint density at radius 2 is 1.94 bits per heavy atom. The van der Waals surface area contributed by atoms with E-state index in [2.05, 4.69) is 20.4 Å². The molecule has 0 radical (unpaired) electrons. The fourth-order valence-corrected chi connectivity index (χ4v) is 3.46. The van der Waals surface area contributed by atoms with Crippen molar-refractivity contribution in [3.05, 3.63) is 88.3 Å². The molecule has 0 saturated heterocycles. The summed E-state index contributed by atoms with van der Waals surface area (Å²) in [7, 11) is 1.39. The number of carbonyl (C=O) groups is 1. The summed E-state index contributed by atoms with van der Waals surface area (Å²) in [5.74, 6) is -0.312. The third-order valence-electron chi connectivity index (χ3n) is 5.24. The fraction of sp³-hybridized carbons (Fsp3) is 0.250. The molecule has 0 bridgehead atoms. The summed E-state index contributed by atoms with van der Waals surface area (Å²) in [5.41, 5.74) is 3.78. The molecule has 33 heavy (non-hydrogen) atoms. The average Bonchev–Trinajstić information content (AvgIpc) is 3.33. The van der Waals surface area contributed by atoms with Crippen LogP contribution >= 0.6 is 0 Å². The van der Waals surface area contributed by atoms with Crippen LogP contribution in [0.25, 0.3) is 0 Å². The van der Waals surface area contributed by atoms with E-state index in [1.165, 1.54) is 19.2 Å². The minimum atomic E-state index is -0.467. The third kappa shape index (κ3) is 5.15. The summed E-state index contributed by atoms with van der Waals surface area (Å²) in [6.07, 6.45) is 0.222. The molecule has 0 fully saturated rings. The van der Waals surface area contributed by atoms with Crippen LogP contribution in [0.1, 0.15) is 51.2 Å². The molecule has 1 aliphatic rings. The number of hydrogen-bond donors (Lipinski definition) is 2. The van der Waals surface area contributed by atoms with Crippen LogP contribution in [0.2, 0.25) is 0 Å². The summed E-state index contributed by atoms with van der Waals surface area (Å²) in [6.45, 7) is 1.86. The number of benzene rings is 2. The first-order chi connectivity index (χ1) is 16.0. The SMILES string of the molecule is COc1cc(CNC(=O)c2cc(C3=NO[C@@H](c4ccc(CO)cc4)C3)nc(C)n2)ccc1F. The number of nitrogens with one attached hydrogen (secondary N) is 1. The van der Waals surface area contributed by atoms with E-state index in [1.54, 1.807) is 19.1 Å². The lowest BCUT2D eigenvalue weighted by molar-refractivity contribution is 0.0857. The maximum Gasteiger partial charge on any atom is 0.270 e. The number of rotatable bonds is 7. The average molecular weight is 450 g/mol. The Morgan fingerprint density at radius 1 is 1.18 bits per heavy atom. The molecule has 1 aliphatic heterocycles. The van der Waals surface area contributed by atoms with Gasteiger partial charge in [0.25, 0.3) is 5.91 Å². The zero-order valence-corrected chi connectivity index (χ0v) is 18.2. The minimum absolute atomic E-state index is 0.0205. The van der Waals surface area contributed by atoms with Crippen molar-refractivity contribution in [1.29, 1.82) is 0 Å². The lowest BCUT2D eigenvalue weighted by atomic mass is 10.0. The Kier molecular flexibility index (Phi) is 6.60. The molecule has 3 aromatic rings. The second kappa shape index (κ2) is 9.74. The van der Waals surface area contributed by atoms with Crippen molar-refractivity contribution < 1.29 is 23.9 Å². The molecule has 2 aromatic carbocycles. The molecule has 1 aromatic heterocycles. The van der Waals surface area contributed by atoms with Crippen molar-refractivity contribution >= 4 is 11.6 Å². The normalized spacial score (nSPS) is 15.0. The van der Waals surface area contributed by atoms with Crippen LogP contribution in [0.5, 0.6) is 5.75 Å². The predicted molar refractivity (Wildman–Crippen MR) is 118 cm³/mol. The number of halogens is 1. The Bertz CT molecular complexity index is 1200. The predicted octanol–water partition coefficient (Wildman–Crippen LogP) is 3.22. The fourth-order valence-electron chi connectivity index (χ4n) is 3.46. The number of amides is 1. The number of ether oxygens (including phenoxy) is 1. The maximum atomic E-state index is 13.6. The number of nitrogens with zero attached hydrogens (tertiary/aromatic N) is 3. The van der Waals surface area contributed by atoms with Gasteiger partial charge in [-0.3, -0.25) is 4.79 Å². The summed E-state index contributed by atoms with van der Waals surface area (Å²) in [4.78, 5) is 26.9. The topological polar surface area (TPSA) is 106 Å². The van der Waals surface area contributed by atoms with Crippen molar-refractivity contribution in [2.45, 2.75) is 32.6 Å². The Balaban J connectivity index is 1.44. The molecule has 1 amide bonds. The van der Waals surface area contributed by atoms with Gasteiger partial charge in [-0.15, -0.1) is 0 Å². The molecule has 4 rings (SSSR count). The van der Waals surface area contributed by atoms with E-state index in [9.17, 15) is 14.3 Å². The van der Waals surface area contributed by atoms with E-state index < -0.39 is 5.82 Å². The summed E-state index contributed by atoms with van der Waals surface area (Å²) in [6, 6.07) is 13.4. The molecule has 0 unspecified atom stereocenters. The lowest BCUT2D eigenvalue weighted by Gasteiger charge is -2.10. The molecule has 2 heterocycles. The first kappa shape index (κ1) is 22.3. The number of aryl methyl sites for hydroxylation is 1. The summed E-state index contributed by atoms with van der Waals surface area (Å²) < 4.78 is 18.6. The second-order valence-corrected chi connectivity index (χ2v) is 7.57. The van der Waals surface area contributed by atoms with E-state index in [4.69, 9.17) is 9.57 Å². The number of carbonyl (C=O) groups excluding carboxylic acids is 1. The van der Waals surface area contributed by atoms with Crippen molar-refractivity contribution in [2.24, 2.45) is 5.16 Å². The monoisotopic (exact) mass is 450 g/mol. The van der Waals surface area contributed by atoms with Gasteiger partial charge in [0, 0.05) is 13.0 Å². The number of aliphatic hydroxyl groups is 1. The van der Waals surface area contributed by atoms with Crippen LogP contribution in [0.4, 0.5) is 4.39 Å². The Hall–Kier alpha value is -3.85. The van der Waals surface area contributed by atoms with Crippen LogP contribution in [-0.4, -0.2) is 33.8 Å². The van der Waals surface area contributed by atoms with Gasteiger partial charge in [-0.1, -0.05) is 35.5 Å². The quantitative estimate of drug-likeness (QED) is 0.573. The first-order valence-electron chi connectivity index (χ1n) is 10.4. The number of oxime groups is 1. The largest absolute Gasteiger partial charge is 0.494 e. The number of methoxy groups -OCH3 is 1. The number of hydrogen-bond acceptors (Lipinski definition) is 7.